The van der Waals surface area contributed by atoms with E-state index in [4.69, 9.17) is 16.3 Å². The second-order valence-corrected chi connectivity index (χ2v) is 4.91. The van der Waals surface area contributed by atoms with Crippen molar-refractivity contribution >= 4 is 39.3 Å². The predicted octanol–water partition coefficient (Wildman–Crippen LogP) is 3.12. The van der Waals surface area contributed by atoms with E-state index < -0.39 is 11.4 Å². The predicted molar refractivity (Wildman–Crippen MR) is 74.2 cm³/mol. The number of alkyl halides is 1. The zero-order valence-corrected chi connectivity index (χ0v) is 12.5. The molecule has 1 atom stereocenters. The zero-order valence-electron chi connectivity index (χ0n) is 10.2. The fraction of sp³-hybridized carbons (Fsp3) is 0.385. The zero-order chi connectivity index (χ0) is 13.8. The van der Waals surface area contributed by atoms with E-state index >= 15 is 0 Å². The van der Waals surface area contributed by atoms with Gasteiger partial charge in [0.2, 0.25) is 0 Å². The van der Waals surface area contributed by atoms with Crippen LogP contribution in [0.2, 0.25) is 5.02 Å². The first-order valence-corrected chi connectivity index (χ1v) is 6.99. The second kappa shape index (κ2) is 6.34. The molecule has 0 aromatic heterocycles. The monoisotopic (exact) mass is 332 g/mol. The Balaban J connectivity index is 3.24. The van der Waals surface area contributed by atoms with Crippen molar-refractivity contribution < 1.29 is 14.3 Å². The third-order valence-electron chi connectivity index (χ3n) is 2.78. The van der Waals surface area contributed by atoms with Gasteiger partial charge in [0.05, 0.1) is 11.9 Å². The lowest BCUT2D eigenvalue weighted by molar-refractivity contribution is -0.152. The van der Waals surface area contributed by atoms with E-state index in [1.54, 1.807) is 38.1 Å². The minimum atomic E-state index is -1.30. The molecule has 3 nitrogen and oxygen atoms in total. The number of ether oxygens (including phenoxy) is 1. The van der Waals surface area contributed by atoms with Gasteiger partial charge in [0.15, 0.2) is 5.78 Å². The van der Waals surface area contributed by atoms with Gasteiger partial charge >= 0.3 is 5.97 Å². The summed E-state index contributed by atoms with van der Waals surface area (Å²) in [6, 6.07) is 6.63. The first-order chi connectivity index (χ1) is 8.46. The highest BCUT2D eigenvalue weighted by Crippen LogP contribution is 2.28. The third kappa shape index (κ3) is 2.93. The minimum absolute atomic E-state index is 0.0882. The molecule has 0 aliphatic rings. The summed E-state index contributed by atoms with van der Waals surface area (Å²) in [6.45, 7) is 3.51. The molecule has 0 bridgehead atoms. The first kappa shape index (κ1) is 15.2. The number of esters is 1. The van der Waals surface area contributed by atoms with Gasteiger partial charge in [-0.2, -0.15) is 0 Å². The summed E-state index contributed by atoms with van der Waals surface area (Å²) in [7, 11) is 0. The molecule has 0 aliphatic heterocycles. The lowest BCUT2D eigenvalue weighted by atomic mass is 9.79. The SMILES string of the molecule is CCOC(=O)C(C)(C(=O)CBr)c1ccc(Cl)cc1. The summed E-state index contributed by atoms with van der Waals surface area (Å²) in [5.41, 5.74) is -0.723. The molecule has 1 aromatic rings. The van der Waals surface area contributed by atoms with Crippen LogP contribution in [-0.2, 0) is 19.7 Å². The molecule has 18 heavy (non-hydrogen) atoms. The molecule has 98 valence electrons. The summed E-state index contributed by atoms with van der Waals surface area (Å²) >= 11 is 8.90. The fourth-order valence-electron chi connectivity index (χ4n) is 1.58. The van der Waals surface area contributed by atoms with Crippen molar-refractivity contribution in [2.24, 2.45) is 0 Å². The number of halogens is 2. The highest BCUT2D eigenvalue weighted by atomic mass is 79.9. The van der Waals surface area contributed by atoms with Gasteiger partial charge in [-0.05, 0) is 31.5 Å². The quantitative estimate of drug-likeness (QED) is 0.472. The summed E-state index contributed by atoms with van der Waals surface area (Å²) in [5.74, 6) is -0.792. The van der Waals surface area contributed by atoms with Crippen LogP contribution in [0.15, 0.2) is 24.3 Å². The van der Waals surface area contributed by atoms with Gasteiger partial charge in [0.25, 0.3) is 0 Å². The van der Waals surface area contributed by atoms with Crippen molar-refractivity contribution in [1.82, 2.24) is 0 Å². The Morgan fingerprint density at radius 2 is 1.89 bits per heavy atom. The van der Waals surface area contributed by atoms with Crippen molar-refractivity contribution in [3.05, 3.63) is 34.9 Å². The third-order valence-corrected chi connectivity index (χ3v) is 3.55. The average Bonchev–Trinajstić information content (AvgIpc) is 2.37. The van der Waals surface area contributed by atoms with Gasteiger partial charge in [-0.15, -0.1) is 0 Å². The van der Waals surface area contributed by atoms with E-state index in [2.05, 4.69) is 15.9 Å². The minimum Gasteiger partial charge on any atom is -0.465 e. The van der Waals surface area contributed by atoms with E-state index in [0.717, 1.165) is 0 Å². The van der Waals surface area contributed by atoms with Crippen LogP contribution in [-0.4, -0.2) is 23.7 Å². The summed E-state index contributed by atoms with van der Waals surface area (Å²) < 4.78 is 5.00. The average molecular weight is 334 g/mol. The van der Waals surface area contributed by atoms with Gasteiger partial charge < -0.3 is 4.74 Å². The number of hydrogen-bond acceptors (Lipinski definition) is 3. The molecule has 0 spiro atoms. The van der Waals surface area contributed by atoms with Crippen LogP contribution >= 0.6 is 27.5 Å². The van der Waals surface area contributed by atoms with Crippen LogP contribution in [0.4, 0.5) is 0 Å². The molecule has 1 unspecified atom stereocenters. The van der Waals surface area contributed by atoms with Crippen LogP contribution in [0.5, 0.6) is 0 Å². The Kier molecular flexibility index (Phi) is 5.35. The van der Waals surface area contributed by atoms with E-state index in [0.29, 0.717) is 10.6 Å². The molecule has 0 saturated heterocycles. The molecule has 0 aliphatic carbocycles. The fourth-order valence-corrected chi connectivity index (χ4v) is 2.27. The van der Waals surface area contributed by atoms with Crippen LogP contribution in [0.1, 0.15) is 19.4 Å². The van der Waals surface area contributed by atoms with Gasteiger partial charge in [0, 0.05) is 5.02 Å². The van der Waals surface area contributed by atoms with Crippen LogP contribution < -0.4 is 0 Å². The van der Waals surface area contributed by atoms with Crippen molar-refractivity contribution in [2.75, 3.05) is 11.9 Å². The number of ketones is 1. The maximum absolute atomic E-state index is 12.1. The van der Waals surface area contributed by atoms with Crippen LogP contribution in [0.25, 0.3) is 0 Å². The lowest BCUT2D eigenvalue weighted by Gasteiger charge is -2.25. The number of benzene rings is 1. The molecule has 0 fully saturated rings. The standard InChI is InChI=1S/C13H14BrClO3/c1-3-18-12(17)13(2,11(16)8-14)9-4-6-10(15)7-5-9/h4-7H,3,8H2,1-2H3. The first-order valence-electron chi connectivity index (χ1n) is 5.49. The molecule has 1 rings (SSSR count). The maximum atomic E-state index is 12.1. The number of hydrogen-bond donors (Lipinski definition) is 0. The van der Waals surface area contributed by atoms with Crippen LogP contribution in [0, 0.1) is 0 Å². The Morgan fingerprint density at radius 1 is 1.33 bits per heavy atom. The normalized spacial score (nSPS) is 13.8. The Bertz CT molecular complexity index is 444. The summed E-state index contributed by atoms with van der Waals surface area (Å²) in [5, 5.41) is 0.640. The van der Waals surface area contributed by atoms with Gasteiger partial charge in [-0.1, -0.05) is 39.7 Å². The highest BCUT2D eigenvalue weighted by molar-refractivity contribution is 9.09. The topological polar surface area (TPSA) is 43.4 Å². The Hall–Kier alpha value is -0.870. The molecule has 0 radical (unpaired) electrons. The van der Waals surface area contributed by atoms with Gasteiger partial charge in [0.1, 0.15) is 5.41 Å². The van der Waals surface area contributed by atoms with E-state index in [1.807, 2.05) is 0 Å². The number of carbonyl (C=O) groups excluding carboxylic acids is 2. The number of carbonyl (C=O) groups is 2. The van der Waals surface area contributed by atoms with E-state index in [1.165, 1.54) is 0 Å². The van der Waals surface area contributed by atoms with Crippen molar-refractivity contribution in [2.45, 2.75) is 19.3 Å². The second-order valence-electron chi connectivity index (χ2n) is 3.91. The van der Waals surface area contributed by atoms with Crippen molar-refractivity contribution in [3.63, 3.8) is 0 Å². The smallest absolute Gasteiger partial charge is 0.323 e. The largest absolute Gasteiger partial charge is 0.465 e. The Labute approximate surface area is 120 Å². The molecular weight excluding hydrogens is 319 g/mol. The van der Waals surface area contributed by atoms with Gasteiger partial charge in [-0.3, -0.25) is 9.59 Å². The Morgan fingerprint density at radius 3 is 2.33 bits per heavy atom. The molecule has 0 saturated carbocycles. The molecule has 0 N–H and O–H groups in total. The van der Waals surface area contributed by atoms with Crippen LogP contribution in [0.3, 0.4) is 0 Å². The molecule has 0 amide bonds. The summed E-state index contributed by atoms with van der Waals surface area (Å²) in [4.78, 5) is 24.1. The van der Waals surface area contributed by atoms with Crippen molar-refractivity contribution in [3.8, 4) is 0 Å². The number of rotatable bonds is 5. The molecular formula is C13H14BrClO3. The summed E-state index contributed by atoms with van der Waals surface area (Å²) in [6.07, 6.45) is 0. The molecule has 0 heterocycles. The van der Waals surface area contributed by atoms with Gasteiger partial charge in [-0.25, -0.2) is 0 Å². The van der Waals surface area contributed by atoms with E-state index in [-0.39, 0.29) is 17.7 Å². The lowest BCUT2D eigenvalue weighted by Crippen LogP contribution is -2.43. The maximum Gasteiger partial charge on any atom is 0.323 e. The molecule has 5 heteroatoms. The number of Topliss-reactive ketones (excluding diaryl/α,β-unsaturated/α-hetero) is 1. The van der Waals surface area contributed by atoms with Crippen molar-refractivity contribution in [1.29, 1.82) is 0 Å². The highest BCUT2D eigenvalue weighted by Gasteiger charge is 2.43. The molecule has 1 aromatic carbocycles. The van der Waals surface area contributed by atoms with E-state index in [9.17, 15) is 9.59 Å².